The molecule has 2 unspecified atom stereocenters. The Hall–Kier alpha value is -3.51. The highest BCUT2D eigenvalue weighted by Gasteiger charge is 2.17. The van der Waals surface area contributed by atoms with Crippen LogP contribution in [0.1, 0.15) is 34.4 Å². The number of nitrogens with zero attached hydrogens (tertiary/aromatic N) is 2. The molecular weight excluding hydrogens is 480 g/mol. The van der Waals surface area contributed by atoms with E-state index in [1.165, 1.54) is 6.20 Å². The first kappa shape index (κ1) is 28.7. The molecule has 0 fully saturated rings. The number of nitrogens with one attached hydrogen (secondary N) is 3. The Morgan fingerprint density at radius 2 is 1.81 bits per heavy atom. The number of anilines is 1. The minimum absolute atomic E-state index is 0. The summed E-state index contributed by atoms with van der Waals surface area (Å²) in [4.78, 5) is 9.31. The minimum Gasteiger partial charge on any atom is -0.419 e. The largest absolute Gasteiger partial charge is 0.419 e. The predicted molar refractivity (Wildman–Crippen MR) is 148 cm³/mol. The number of benzene rings is 2. The molecule has 0 bridgehead atoms. The summed E-state index contributed by atoms with van der Waals surface area (Å²) in [6.45, 7) is 3.20. The van der Waals surface area contributed by atoms with Crippen molar-refractivity contribution in [2.45, 2.75) is 30.0 Å². The van der Waals surface area contributed by atoms with Gasteiger partial charge in [-0.15, -0.1) is 0 Å². The van der Waals surface area contributed by atoms with E-state index >= 15 is 0 Å². The lowest BCUT2D eigenvalue weighted by Gasteiger charge is -2.12. The van der Waals surface area contributed by atoms with Crippen LogP contribution < -0.4 is 11.1 Å². The predicted octanol–water partition coefficient (Wildman–Crippen LogP) is 3.26. The Kier molecular flexibility index (Phi) is 10.8. The highest BCUT2D eigenvalue weighted by atomic mass is 32.2. The second kappa shape index (κ2) is 13.5. The molecule has 0 aliphatic rings. The third kappa shape index (κ3) is 7.25. The lowest BCUT2D eigenvalue weighted by Crippen LogP contribution is -2.17. The SMILES string of the molecule is CNCc1ccc(C(=N)OC(=N)c2nc(-c3ccc(S(=O)C(C)CCOC)cc3)cnc2N)cc1.O.[HH].[HH].[HH]. The fourth-order valence-electron chi connectivity index (χ4n) is 3.27. The van der Waals surface area contributed by atoms with Crippen molar-refractivity contribution in [3.05, 3.63) is 71.5 Å². The van der Waals surface area contributed by atoms with Gasteiger partial charge in [0.15, 0.2) is 11.5 Å². The van der Waals surface area contributed by atoms with Crippen LogP contribution in [-0.4, -0.2) is 57.5 Å². The lowest BCUT2D eigenvalue weighted by molar-refractivity contribution is 0.195. The van der Waals surface area contributed by atoms with E-state index in [1.807, 2.05) is 26.1 Å². The van der Waals surface area contributed by atoms with Crippen molar-refractivity contribution in [2.75, 3.05) is 26.5 Å². The minimum atomic E-state index is -1.15. The number of aromatic nitrogens is 2. The molecule has 0 radical (unpaired) electrons. The van der Waals surface area contributed by atoms with E-state index in [0.29, 0.717) is 35.7 Å². The second-order valence-electron chi connectivity index (χ2n) is 7.89. The fourth-order valence-corrected chi connectivity index (χ4v) is 4.45. The molecular formula is C25H38N6O4S. The normalized spacial score (nSPS) is 12.3. The fraction of sp³-hybridized carbons (Fsp3) is 0.280. The number of hydrogen-bond acceptors (Lipinski definition) is 9. The quantitative estimate of drug-likeness (QED) is 0.235. The lowest BCUT2D eigenvalue weighted by atomic mass is 10.1. The average molecular weight is 519 g/mol. The summed E-state index contributed by atoms with van der Waals surface area (Å²) in [5.74, 6) is -0.529. The van der Waals surface area contributed by atoms with Crippen molar-refractivity contribution in [1.29, 1.82) is 10.8 Å². The summed E-state index contributed by atoms with van der Waals surface area (Å²) >= 11 is 0. The van der Waals surface area contributed by atoms with Crippen LogP contribution in [0.4, 0.5) is 5.82 Å². The Morgan fingerprint density at radius 1 is 1.14 bits per heavy atom. The summed E-state index contributed by atoms with van der Waals surface area (Å²) in [5.41, 5.74) is 8.80. The van der Waals surface area contributed by atoms with Crippen LogP contribution in [0.5, 0.6) is 0 Å². The smallest absolute Gasteiger partial charge is 0.243 e. The highest BCUT2D eigenvalue weighted by Crippen LogP contribution is 2.22. The van der Waals surface area contributed by atoms with E-state index in [1.54, 1.807) is 43.5 Å². The zero-order valence-corrected chi connectivity index (χ0v) is 21.3. The summed E-state index contributed by atoms with van der Waals surface area (Å²) in [6, 6.07) is 14.5. The van der Waals surface area contributed by atoms with Crippen molar-refractivity contribution >= 4 is 28.4 Å². The van der Waals surface area contributed by atoms with Gasteiger partial charge in [0.2, 0.25) is 11.8 Å². The van der Waals surface area contributed by atoms with E-state index in [0.717, 1.165) is 11.1 Å². The van der Waals surface area contributed by atoms with Crippen molar-refractivity contribution in [3.8, 4) is 11.3 Å². The molecule has 36 heavy (non-hydrogen) atoms. The van der Waals surface area contributed by atoms with E-state index in [-0.39, 0.29) is 38.3 Å². The van der Waals surface area contributed by atoms with Gasteiger partial charge in [0.25, 0.3) is 0 Å². The second-order valence-corrected chi connectivity index (χ2v) is 9.76. The van der Waals surface area contributed by atoms with E-state index in [4.69, 9.17) is 26.0 Å². The van der Waals surface area contributed by atoms with Crippen LogP contribution in [0, 0.1) is 10.8 Å². The van der Waals surface area contributed by atoms with Gasteiger partial charge in [-0.25, -0.2) is 9.97 Å². The van der Waals surface area contributed by atoms with Crippen LogP contribution in [0.25, 0.3) is 11.3 Å². The molecule has 3 rings (SSSR count). The molecule has 0 saturated carbocycles. The van der Waals surface area contributed by atoms with Crippen molar-refractivity contribution < 1.29 is 23.4 Å². The molecule has 0 spiro atoms. The zero-order valence-electron chi connectivity index (χ0n) is 20.5. The number of hydrogen-bond donors (Lipinski definition) is 4. The zero-order chi connectivity index (χ0) is 25.4. The number of rotatable bonds is 10. The number of methoxy groups -OCH3 is 1. The molecule has 10 nitrogen and oxygen atoms in total. The Balaban J connectivity index is 0. The van der Waals surface area contributed by atoms with Crippen LogP contribution in [0.2, 0.25) is 0 Å². The number of nitrogens with two attached hydrogens (primary N) is 1. The van der Waals surface area contributed by atoms with Gasteiger partial charge in [0.1, 0.15) is 0 Å². The third-order valence-electron chi connectivity index (χ3n) is 5.29. The first-order chi connectivity index (χ1) is 16.8. The van der Waals surface area contributed by atoms with E-state index in [2.05, 4.69) is 15.3 Å². The van der Waals surface area contributed by atoms with Crippen molar-refractivity contribution in [3.63, 3.8) is 0 Å². The maximum Gasteiger partial charge on any atom is 0.243 e. The maximum atomic E-state index is 12.7. The summed E-state index contributed by atoms with van der Waals surface area (Å²) < 4.78 is 23.2. The van der Waals surface area contributed by atoms with Crippen LogP contribution in [-0.2, 0) is 26.8 Å². The number of ether oxygens (including phenoxy) is 2. The molecule has 198 valence electrons. The monoisotopic (exact) mass is 518 g/mol. The number of nitrogen functional groups attached to an aromatic ring is 1. The van der Waals surface area contributed by atoms with Crippen LogP contribution >= 0.6 is 0 Å². The first-order valence-electron chi connectivity index (χ1n) is 11.1. The highest BCUT2D eigenvalue weighted by molar-refractivity contribution is 7.85. The van der Waals surface area contributed by atoms with E-state index in [9.17, 15) is 4.21 Å². The summed E-state index contributed by atoms with van der Waals surface area (Å²) in [7, 11) is 2.33. The summed E-state index contributed by atoms with van der Waals surface area (Å²) in [6.07, 6.45) is 2.21. The van der Waals surface area contributed by atoms with Crippen LogP contribution in [0.15, 0.2) is 59.6 Å². The average Bonchev–Trinajstić information content (AvgIpc) is 2.87. The Bertz CT molecular complexity index is 1220. The standard InChI is InChI=1S/C25H30N6O3S.H2O.3H2/c1-16(12-13-33-3)35(32)20-10-8-18(9-11-20)21-15-30-23(26)22(31-21)25(28)34-24(27)19-6-4-17(5-7-19)14-29-2;;;;/h4-11,15-16,27-29H,12-14H2,1-3H3,(H2,26,30);1H2;3*1H. The van der Waals surface area contributed by atoms with Gasteiger partial charge in [-0.2, -0.15) is 0 Å². The van der Waals surface area contributed by atoms with Gasteiger partial charge >= 0.3 is 0 Å². The molecule has 0 amide bonds. The van der Waals surface area contributed by atoms with Gasteiger partial charge in [-0.05, 0) is 43.3 Å². The first-order valence-corrected chi connectivity index (χ1v) is 12.3. The molecule has 7 N–H and O–H groups in total. The van der Waals surface area contributed by atoms with Gasteiger partial charge < -0.3 is 26.0 Å². The van der Waals surface area contributed by atoms with Gasteiger partial charge in [-0.1, -0.05) is 31.2 Å². The van der Waals surface area contributed by atoms with Gasteiger partial charge in [-0.3, -0.25) is 15.0 Å². The van der Waals surface area contributed by atoms with E-state index < -0.39 is 10.8 Å². The molecule has 0 aliphatic carbocycles. The topological polar surface area (TPSA) is 179 Å². The van der Waals surface area contributed by atoms with Gasteiger partial charge in [0.05, 0.1) is 22.7 Å². The maximum absolute atomic E-state index is 12.7. The Labute approximate surface area is 217 Å². The molecule has 11 heteroatoms. The summed E-state index contributed by atoms with van der Waals surface area (Å²) in [5, 5.41) is 19.5. The third-order valence-corrected chi connectivity index (χ3v) is 7.00. The molecule has 2 atom stereocenters. The molecule has 0 saturated heterocycles. The van der Waals surface area contributed by atoms with Gasteiger partial charge in [0, 0.05) is 45.8 Å². The van der Waals surface area contributed by atoms with Crippen molar-refractivity contribution in [1.82, 2.24) is 15.3 Å². The molecule has 0 aliphatic heterocycles. The Morgan fingerprint density at radius 3 is 2.42 bits per heavy atom. The molecule has 1 heterocycles. The molecule has 3 aromatic rings. The van der Waals surface area contributed by atoms with Crippen LogP contribution in [0.3, 0.4) is 0 Å². The molecule has 2 aromatic carbocycles. The molecule has 1 aromatic heterocycles. The van der Waals surface area contributed by atoms with Crippen molar-refractivity contribution in [2.24, 2.45) is 0 Å².